The summed E-state index contributed by atoms with van der Waals surface area (Å²) in [4.78, 5) is 12.4. The molecule has 0 atom stereocenters. The molecule has 9 nitrogen and oxygen atoms in total. The molecule has 172 valence electrons. The normalized spacial score (nSPS) is 11.3. The number of aromatic nitrogens is 3. The molecule has 0 aliphatic carbocycles. The number of hydrogen-bond donors (Lipinski definition) is 3. The molecule has 34 heavy (non-hydrogen) atoms. The van der Waals surface area contributed by atoms with Crippen molar-refractivity contribution in [3.05, 3.63) is 65.5 Å². The monoisotopic (exact) mass is 477 g/mol. The molecule has 0 saturated heterocycles. The number of halogens is 1. The number of nitrogens with zero attached hydrogens (tertiary/aromatic N) is 4. The van der Waals surface area contributed by atoms with Gasteiger partial charge in [0.15, 0.2) is 15.7 Å². The lowest BCUT2D eigenvalue weighted by Crippen LogP contribution is -2.13. The van der Waals surface area contributed by atoms with E-state index >= 15 is 0 Å². The van der Waals surface area contributed by atoms with Gasteiger partial charge in [-0.15, -0.1) is 0 Å². The Labute approximate surface area is 195 Å². The van der Waals surface area contributed by atoms with Crippen LogP contribution in [0.5, 0.6) is 0 Å². The van der Waals surface area contributed by atoms with Gasteiger partial charge in [0.25, 0.3) is 0 Å². The number of sulfone groups is 1. The van der Waals surface area contributed by atoms with Gasteiger partial charge >= 0.3 is 0 Å². The molecule has 0 aliphatic rings. The van der Waals surface area contributed by atoms with Crippen LogP contribution in [0.1, 0.15) is 11.1 Å². The van der Waals surface area contributed by atoms with Gasteiger partial charge in [-0.05, 0) is 30.2 Å². The van der Waals surface area contributed by atoms with Crippen LogP contribution in [-0.4, -0.2) is 36.2 Å². The summed E-state index contributed by atoms with van der Waals surface area (Å²) in [7, 11) is -3.57. The molecule has 0 unspecified atom stereocenters. The number of anilines is 3. The standard InChI is InChI=1S/C23H20FN7O2S/c1-34(32,33)18-8-3-2-6-15(18)19-14(11-13-5-4-7-17(24)20(13)29-19)9-10-28-22-16(12-25)21(26)30-23(27)31-22/h2-8,11H,9-10H2,1H3,(H5,26,27,28,30,31). The highest BCUT2D eigenvalue weighted by molar-refractivity contribution is 7.90. The zero-order valence-corrected chi connectivity index (χ0v) is 18.9. The van der Waals surface area contributed by atoms with Crippen molar-refractivity contribution in [2.45, 2.75) is 11.3 Å². The molecule has 0 spiro atoms. The summed E-state index contributed by atoms with van der Waals surface area (Å²) in [5.41, 5.74) is 13.0. The number of nitrogen functional groups attached to an aromatic ring is 2. The second-order valence-corrected chi connectivity index (χ2v) is 9.54. The number of pyridine rings is 1. The average molecular weight is 478 g/mol. The lowest BCUT2D eigenvalue weighted by molar-refractivity contribution is 0.602. The number of nitriles is 1. The van der Waals surface area contributed by atoms with Gasteiger partial charge in [0.05, 0.1) is 10.6 Å². The zero-order valence-electron chi connectivity index (χ0n) is 18.1. The van der Waals surface area contributed by atoms with Crippen LogP contribution < -0.4 is 16.8 Å². The fourth-order valence-corrected chi connectivity index (χ4v) is 4.56. The van der Waals surface area contributed by atoms with Gasteiger partial charge in [-0.1, -0.05) is 30.3 Å². The highest BCUT2D eigenvalue weighted by Gasteiger charge is 2.19. The lowest BCUT2D eigenvalue weighted by atomic mass is 10.0. The molecule has 2 aromatic carbocycles. The quantitative estimate of drug-likeness (QED) is 0.379. The summed E-state index contributed by atoms with van der Waals surface area (Å²) in [6.07, 6.45) is 1.46. The number of fused-ring (bicyclic) bond motifs is 1. The predicted molar refractivity (Wildman–Crippen MR) is 128 cm³/mol. The molecule has 0 aliphatic heterocycles. The third-order valence-electron chi connectivity index (χ3n) is 5.17. The Morgan fingerprint density at radius 2 is 1.85 bits per heavy atom. The highest BCUT2D eigenvalue weighted by atomic mass is 32.2. The highest BCUT2D eigenvalue weighted by Crippen LogP contribution is 2.32. The molecule has 2 aromatic heterocycles. The average Bonchev–Trinajstić information content (AvgIpc) is 2.78. The van der Waals surface area contributed by atoms with Gasteiger partial charge in [-0.25, -0.2) is 17.8 Å². The van der Waals surface area contributed by atoms with Crippen LogP contribution in [0.2, 0.25) is 0 Å². The fraction of sp³-hybridized carbons (Fsp3) is 0.130. The van der Waals surface area contributed by atoms with E-state index in [0.29, 0.717) is 28.6 Å². The van der Waals surface area contributed by atoms with Crippen LogP contribution in [0, 0.1) is 17.1 Å². The molecule has 0 bridgehead atoms. The molecule has 0 saturated carbocycles. The minimum absolute atomic E-state index is 0.0388. The van der Waals surface area contributed by atoms with E-state index in [4.69, 9.17) is 11.5 Å². The van der Waals surface area contributed by atoms with E-state index in [1.165, 1.54) is 12.1 Å². The topological polar surface area (TPSA) is 161 Å². The van der Waals surface area contributed by atoms with E-state index in [9.17, 15) is 18.1 Å². The van der Waals surface area contributed by atoms with Crippen molar-refractivity contribution in [2.24, 2.45) is 0 Å². The molecule has 0 fully saturated rings. The minimum atomic E-state index is -3.57. The number of benzene rings is 2. The maximum absolute atomic E-state index is 14.5. The van der Waals surface area contributed by atoms with Crippen LogP contribution in [0.4, 0.5) is 22.0 Å². The van der Waals surface area contributed by atoms with Crippen molar-refractivity contribution in [3.63, 3.8) is 0 Å². The Bertz CT molecular complexity index is 1570. The summed E-state index contributed by atoms with van der Waals surface area (Å²) in [6.45, 7) is 0.279. The summed E-state index contributed by atoms with van der Waals surface area (Å²) >= 11 is 0. The maximum atomic E-state index is 14.5. The van der Waals surface area contributed by atoms with E-state index in [0.717, 1.165) is 6.26 Å². The molecule has 0 amide bonds. The third kappa shape index (κ3) is 4.44. The first-order valence-corrected chi connectivity index (χ1v) is 12.0. The van der Waals surface area contributed by atoms with Gasteiger partial charge in [-0.3, -0.25) is 0 Å². The first-order valence-electron chi connectivity index (χ1n) is 10.1. The van der Waals surface area contributed by atoms with Crippen molar-refractivity contribution < 1.29 is 12.8 Å². The van der Waals surface area contributed by atoms with E-state index in [1.807, 2.05) is 6.07 Å². The number of nitrogens with two attached hydrogens (primary N) is 2. The molecule has 11 heteroatoms. The van der Waals surface area contributed by atoms with Crippen LogP contribution in [0.25, 0.3) is 22.2 Å². The van der Waals surface area contributed by atoms with Crippen molar-refractivity contribution >= 4 is 38.3 Å². The predicted octanol–water partition coefficient (Wildman–Crippen LogP) is 2.93. The molecule has 4 aromatic rings. The molecular formula is C23H20FN7O2S. The third-order valence-corrected chi connectivity index (χ3v) is 6.32. The Kier molecular flexibility index (Phi) is 6.00. The number of rotatable bonds is 6. The van der Waals surface area contributed by atoms with Gasteiger partial charge in [0, 0.05) is 23.8 Å². The minimum Gasteiger partial charge on any atom is -0.382 e. The molecule has 2 heterocycles. The smallest absolute Gasteiger partial charge is 0.224 e. The summed E-state index contributed by atoms with van der Waals surface area (Å²) in [5, 5.41) is 13.0. The van der Waals surface area contributed by atoms with E-state index in [-0.39, 0.29) is 40.1 Å². The maximum Gasteiger partial charge on any atom is 0.224 e. The fourth-order valence-electron chi connectivity index (χ4n) is 3.67. The van der Waals surface area contributed by atoms with Gasteiger partial charge < -0.3 is 16.8 Å². The number of nitrogens with one attached hydrogen (secondary N) is 1. The number of hydrogen-bond acceptors (Lipinski definition) is 9. The van der Waals surface area contributed by atoms with Crippen molar-refractivity contribution in [1.29, 1.82) is 5.26 Å². The van der Waals surface area contributed by atoms with Crippen molar-refractivity contribution in [1.82, 2.24) is 15.0 Å². The number of para-hydroxylation sites is 1. The van der Waals surface area contributed by atoms with E-state index in [1.54, 1.807) is 36.4 Å². The Morgan fingerprint density at radius 1 is 1.09 bits per heavy atom. The molecular weight excluding hydrogens is 457 g/mol. The van der Waals surface area contributed by atoms with Crippen molar-refractivity contribution in [3.8, 4) is 17.3 Å². The summed E-state index contributed by atoms with van der Waals surface area (Å²) < 4.78 is 39.4. The Morgan fingerprint density at radius 3 is 2.59 bits per heavy atom. The molecule has 5 N–H and O–H groups in total. The van der Waals surface area contributed by atoms with Crippen LogP contribution in [-0.2, 0) is 16.3 Å². The van der Waals surface area contributed by atoms with Gasteiger partial charge in [-0.2, -0.15) is 15.2 Å². The van der Waals surface area contributed by atoms with Crippen molar-refractivity contribution in [2.75, 3.05) is 29.6 Å². The van der Waals surface area contributed by atoms with E-state index < -0.39 is 15.7 Å². The van der Waals surface area contributed by atoms with Gasteiger partial charge in [0.2, 0.25) is 5.95 Å². The SMILES string of the molecule is CS(=O)(=O)c1ccccc1-c1nc2c(F)cccc2cc1CCNc1nc(N)nc(N)c1C#N. The van der Waals surface area contributed by atoms with Crippen LogP contribution in [0.3, 0.4) is 0 Å². The Balaban J connectivity index is 1.79. The molecule has 0 radical (unpaired) electrons. The Hall–Kier alpha value is -4.30. The molecule has 4 rings (SSSR count). The lowest BCUT2D eigenvalue weighted by Gasteiger charge is -2.15. The second-order valence-electron chi connectivity index (χ2n) is 7.56. The first kappa shape index (κ1) is 22.9. The van der Waals surface area contributed by atoms with Gasteiger partial charge in [0.1, 0.15) is 28.8 Å². The zero-order chi connectivity index (χ0) is 24.5. The largest absolute Gasteiger partial charge is 0.382 e. The second kappa shape index (κ2) is 8.92. The first-order chi connectivity index (χ1) is 16.2. The van der Waals surface area contributed by atoms with E-state index in [2.05, 4.69) is 20.3 Å². The van der Waals surface area contributed by atoms with Crippen LogP contribution in [0.15, 0.2) is 53.4 Å². The summed E-state index contributed by atoms with van der Waals surface area (Å²) in [6, 6.07) is 14.8. The summed E-state index contributed by atoms with van der Waals surface area (Å²) in [5.74, 6) is -0.441. The van der Waals surface area contributed by atoms with Crippen LogP contribution >= 0.6 is 0 Å².